The third-order valence-corrected chi connectivity index (χ3v) is 2.62. The molecule has 0 spiro atoms. The summed E-state index contributed by atoms with van der Waals surface area (Å²) in [6, 6.07) is 3.19. The number of nitrogens with zero attached hydrogens (tertiary/aromatic N) is 3. The van der Waals surface area contributed by atoms with Crippen LogP contribution in [0.25, 0.3) is 22.0 Å². The Morgan fingerprint density at radius 3 is 2.67 bits per heavy atom. The molecule has 6 nitrogen and oxygen atoms in total. The lowest BCUT2D eigenvalue weighted by molar-refractivity contribution is 0.480. The quantitative estimate of drug-likeness (QED) is 0.664. The fourth-order valence-corrected chi connectivity index (χ4v) is 1.78. The molecule has 2 N–H and O–H groups in total. The topological polar surface area (TPSA) is 91.8 Å². The number of aromatic amines is 1. The van der Waals surface area contributed by atoms with Crippen LogP contribution in [0.15, 0.2) is 42.0 Å². The molecule has 0 saturated heterocycles. The Labute approximate surface area is 101 Å². The third-order valence-electron chi connectivity index (χ3n) is 2.62. The van der Waals surface area contributed by atoms with Crippen LogP contribution in [0.3, 0.4) is 0 Å². The Kier molecular flexibility index (Phi) is 2.26. The highest BCUT2D eigenvalue weighted by Gasteiger charge is 2.08. The second-order valence-electron chi connectivity index (χ2n) is 3.75. The predicted molar refractivity (Wildman–Crippen MR) is 65.1 cm³/mol. The van der Waals surface area contributed by atoms with Gasteiger partial charge in [0.2, 0.25) is 0 Å². The summed E-state index contributed by atoms with van der Waals surface area (Å²) in [6.07, 6.45) is 5.89. The summed E-state index contributed by atoms with van der Waals surface area (Å²) in [5, 5.41) is 10.2. The van der Waals surface area contributed by atoms with Crippen molar-refractivity contribution in [1.29, 1.82) is 0 Å². The van der Waals surface area contributed by atoms with Crippen molar-refractivity contribution in [2.45, 2.75) is 0 Å². The number of H-pyrrole nitrogens is 1. The van der Waals surface area contributed by atoms with Crippen molar-refractivity contribution >= 4 is 10.9 Å². The fourth-order valence-electron chi connectivity index (χ4n) is 1.78. The zero-order valence-electron chi connectivity index (χ0n) is 9.16. The minimum absolute atomic E-state index is 0.0440. The number of fused-ring (bicyclic) bond motifs is 1. The second-order valence-corrected chi connectivity index (χ2v) is 3.75. The maximum atomic E-state index is 11.7. The van der Waals surface area contributed by atoms with E-state index in [1.54, 1.807) is 18.5 Å². The van der Waals surface area contributed by atoms with Gasteiger partial charge in [-0.3, -0.25) is 4.79 Å². The van der Waals surface area contributed by atoms with Crippen molar-refractivity contribution in [1.82, 2.24) is 19.9 Å². The van der Waals surface area contributed by atoms with Crippen LogP contribution >= 0.6 is 0 Å². The van der Waals surface area contributed by atoms with Gasteiger partial charge in [0, 0.05) is 18.0 Å². The van der Waals surface area contributed by atoms with E-state index in [9.17, 15) is 9.90 Å². The molecule has 3 rings (SSSR count). The van der Waals surface area contributed by atoms with E-state index in [-0.39, 0.29) is 16.8 Å². The van der Waals surface area contributed by atoms with E-state index in [2.05, 4.69) is 19.9 Å². The molecule has 0 aliphatic rings. The molecule has 0 unspecified atom stereocenters. The van der Waals surface area contributed by atoms with Crippen molar-refractivity contribution in [3.8, 4) is 16.9 Å². The Morgan fingerprint density at radius 2 is 1.89 bits per heavy atom. The highest BCUT2D eigenvalue weighted by atomic mass is 16.3. The SMILES string of the molecule is O=c1[nH]cnc2c(O)cc(-c3cncnc3)cc12. The molecule has 2 aromatic heterocycles. The number of aromatic nitrogens is 4. The van der Waals surface area contributed by atoms with Crippen LogP contribution in [-0.4, -0.2) is 25.0 Å². The van der Waals surface area contributed by atoms with Gasteiger partial charge in [-0.2, -0.15) is 0 Å². The molecular weight excluding hydrogens is 232 g/mol. The van der Waals surface area contributed by atoms with Gasteiger partial charge in [0.05, 0.1) is 11.7 Å². The van der Waals surface area contributed by atoms with E-state index < -0.39 is 0 Å². The van der Waals surface area contributed by atoms with Crippen LogP contribution in [0.2, 0.25) is 0 Å². The molecule has 1 aromatic carbocycles. The Balaban J connectivity index is 2.34. The first-order chi connectivity index (χ1) is 8.75. The van der Waals surface area contributed by atoms with Gasteiger partial charge in [0.15, 0.2) is 0 Å². The molecule has 0 saturated carbocycles. The molecule has 18 heavy (non-hydrogen) atoms. The first-order valence-electron chi connectivity index (χ1n) is 5.21. The number of nitrogens with one attached hydrogen (secondary N) is 1. The van der Waals surface area contributed by atoms with Crippen molar-refractivity contribution in [2.75, 3.05) is 0 Å². The van der Waals surface area contributed by atoms with Crippen LogP contribution < -0.4 is 5.56 Å². The maximum Gasteiger partial charge on any atom is 0.258 e. The van der Waals surface area contributed by atoms with Crippen molar-refractivity contribution in [3.63, 3.8) is 0 Å². The van der Waals surface area contributed by atoms with Gasteiger partial charge in [0.25, 0.3) is 5.56 Å². The third kappa shape index (κ3) is 1.60. The maximum absolute atomic E-state index is 11.7. The number of rotatable bonds is 1. The Hall–Kier alpha value is -2.76. The van der Waals surface area contributed by atoms with Gasteiger partial charge in [-0.15, -0.1) is 0 Å². The molecule has 0 radical (unpaired) electrons. The van der Waals surface area contributed by atoms with Gasteiger partial charge in [-0.1, -0.05) is 0 Å². The van der Waals surface area contributed by atoms with Gasteiger partial charge in [-0.05, 0) is 17.7 Å². The standard InChI is InChI=1S/C12H8N4O2/c17-10-2-7(8-3-13-5-14-4-8)1-9-11(10)15-6-16-12(9)18/h1-6,17H,(H,15,16,18). The summed E-state index contributed by atoms with van der Waals surface area (Å²) in [6.45, 7) is 0. The number of benzene rings is 1. The number of phenolic OH excluding ortho intramolecular Hbond substituents is 1. The molecule has 2 heterocycles. The fraction of sp³-hybridized carbons (Fsp3) is 0. The van der Waals surface area contributed by atoms with E-state index in [0.29, 0.717) is 10.9 Å². The summed E-state index contributed by atoms with van der Waals surface area (Å²) < 4.78 is 0. The number of hydrogen-bond donors (Lipinski definition) is 2. The Bertz CT molecular complexity index is 768. The highest BCUT2D eigenvalue weighted by molar-refractivity contribution is 5.88. The van der Waals surface area contributed by atoms with Gasteiger partial charge >= 0.3 is 0 Å². The van der Waals surface area contributed by atoms with Crippen molar-refractivity contribution in [2.24, 2.45) is 0 Å². The summed E-state index contributed by atoms with van der Waals surface area (Å²) in [4.78, 5) is 25.9. The normalized spacial score (nSPS) is 10.7. The average Bonchev–Trinajstić information content (AvgIpc) is 2.41. The number of phenols is 1. The number of aromatic hydroxyl groups is 1. The van der Waals surface area contributed by atoms with Crippen LogP contribution in [0.5, 0.6) is 5.75 Å². The van der Waals surface area contributed by atoms with Gasteiger partial charge in [-0.25, -0.2) is 15.0 Å². The molecule has 0 bridgehead atoms. The lowest BCUT2D eigenvalue weighted by atomic mass is 10.1. The highest BCUT2D eigenvalue weighted by Crippen LogP contribution is 2.27. The first kappa shape index (κ1) is 10.4. The Morgan fingerprint density at radius 1 is 1.11 bits per heavy atom. The smallest absolute Gasteiger partial charge is 0.258 e. The van der Waals surface area contributed by atoms with E-state index >= 15 is 0 Å². The summed E-state index contributed by atoms with van der Waals surface area (Å²) in [7, 11) is 0. The molecule has 0 aliphatic heterocycles. The molecule has 0 amide bonds. The summed E-state index contributed by atoms with van der Waals surface area (Å²) in [5.41, 5.74) is 1.37. The molecule has 88 valence electrons. The van der Waals surface area contributed by atoms with E-state index in [4.69, 9.17) is 0 Å². The molecule has 0 atom stereocenters. The lowest BCUT2D eigenvalue weighted by Gasteiger charge is -2.04. The minimum atomic E-state index is -0.297. The number of hydrogen-bond acceptors (Lipinski definition) is 5. The molecular formula is C12H8N4O2. The lowest BCUT2D eigenvalue weighted by Crippen LogP contribution is -2.06. The van der Waals surface area contributed by atoms with E-state index in [1.807, 2.05) is 0 Å². The zero-order chi connectivity index (χ0) is 12.5. The average molecular weight is 240 g/mol. The van der Waals surface area contributed by atoms with E-state index in [0.717, 1.165) is 5.56 Å². The molecule has 0 fully saturated rings. The first-order valence-corrected chi connectivity index (χ1v) is 5.21. The summed E-state index contributed by atoms with van der Waals surface area (Å²) >= 11 is 0. The van der Waals surface area contributed by atoms with Crippen LogP contribution in [-0.2, 0) is 0 Å². The predicted octanol–water partition coefficient (Wildman–Crippen LogP) is 1.09. The van der Waals surface area contributed by atoms with Crippen molar-refractivity contribution < 1.29 is 5.11 Å². The largest absolute Gasteiger partial charge is 0.506 e. The monoisotopic (exact) mass is 240 g/mol. The van der Waals surface area contributed by atoms with Crippen LogP contribution in [0.4, 0.5) is 0 Å². The molecule has 6 heteroatoms. The zero-order valence-corrected chi connectivity index (χ0v) is 9.16. The van der Waals surface area contributed by atoms with Crippen molar-refractivity contribution in [3.05, 3.63) is 47.5 Å². The van der Waals surface area contributed by atoms with Crippen LogP contribution in [0, 0.1) is 0 Å². The second kappa shape index (κ2) is 3.92. The minimum Gasteiger partial charge on any atom is -0.506 e. The van der Waals surface area contributed by atoms with Crippen LogP contribution in [0.1, 0.15) is 0 Å². The van der Waals surface area contributed by atoms with Gasteiger partial charge in [0.1, 0.15) is 17.6 Å². The molecule has 3 aromatic rings. The summed E-state index contributed by atoms with van der Waals surface area (Å²) in [5.74, 6) is -0.0440. The molecule has 0 aliphatic carbocycles. The van der Waals surface area contributed by atoms with Gasteiger partial charge < -0.3 is 10.1 Å². The van der Waals surface area contributed by atoms with E-state index in [1.165, 1.54) is 18.7 Å².